The molecular formula is C19H23F5N4S. The average molecular weight is 434 g/mol. The minimum absolute atomic E-state index is 0.0189. The third-order valence-corrected chi connectivity index (χ3v) is 6.80. The molecule has 10 heteroatoms. The molecule has 4 rings (SSSR count). The van der Waals surface area contributed by atoms with Crippen molar-refractivity contribution in [3.8, 4) is 0 Å². The lowest BCUT2D eigenvalue weighted by Gasteiger charge is -2.38. The van der Waals surface area contributed by atoms with Gasteiger partial charge in [-0.1, -0.05) is 0 Å². The van der Waals surface area contributed by atoms with E-state index >= 15 is 0 Å². The van der Waals surface area contributed by atoms with Crippen molar-refractivity contribution < 1.29 is 22.0 Å². The Bertz CT molecular complexity index is 835. The summed E-state index contributed by atoms with van der Waals surface area (Å²) in [4.78, 5) is 13.7. The zero-order chi connectivity index (χ0) is 20.6. The van der Waals surface area contributed by atoms with Crippen LogP contribution in [-0.2, 0) is 6.42 Å². The van der Waals surface area contributed by atoms with Gasteiger partial charge in [-0.3, -0.25) is 4.90 Å². The quantitative estimate of drug-likeness (QED) is 0.651. The highest BCUT2D eigenvalue weighted by Crippen LogP contribution is 2.37. The SMILES string of the molecule is FC(F)(F)Cc1cc2c(N3CCN(CC4CCC(F)(F)CC4)CC3)ncnc2s1. The standard InChI is InChI=1S/C19H23F5N4S/c20-18(21)3-1-13(2-4-18)11-27-5-7-28(8-6-27)16-15-9-14(10-19(22,23)24)29-17(15)26-12-25-16/h9,12-13H,1-8,10-11H2. The van der Waals surface area contributed by atoms with Crippen molar-refractivity contribution >= 4 is 27.4 Å². The topological polar surface area (TPSA) is 32.3 Å². The molecule has 0 unspecified atom stereocenters. The molecule has 0 N–H and O–H groups in total. The van der Waals surface area contributed by atoms with Crippen LogP contribution in [0.25, 0.3) is 10.2 Å². The van der Waals surface area contributed by atoms with E-state index in [1.54, 1.807) is 6.07 Å². The largest absolute Gasteiger partial charge is 0.393 e. The summed E-state index contributed by atoms with van der Waals surface area (Å²) in [5.74, 6) is -1.51. The van der Waals surface area contributed by atoms with Crippen LogP contribution in [-0.4, -0.2) is 59.7 Å². The van der Waals surface area contributed by atoms with Crippen molar-refractivity contribution in [3.05, 3.63) is 17.3 Å². The highest BCUT2D eigenvalue weighted by atomic mass is 32.1. The van der Waals surface area contributed by atoms with Crippen molar-refractivity contribution in [3.63, 3.8) is 0 Å². The second-order valence-electron chi connectivity index (χ2n) is 8.01. The van der Waals surface area contributed by atoms with E-state index in [1.807, 2.05) is 0 Å². The molecule has 1 saturated carbocycles. The Labute approximate surface area is 169 Å². The molecule has 1 aliphatic heterocycles. The van der Waals surface area contributed by atoms with Gasteiger partial charge in [0.25, 0.3) is 0 Å². The number of aromatic nitrogens is 2. The van der Waals surface area contributed by atoms with Crippen LogP contribution in [0.2, 0.25) is 0 Å². The van der Waals surface area contributed by atoms with Crippen molar-refractivity contribution in [2.24, 2.45) is 5.92 Å². The van der Waals surface area contributed by atoms with Gasteiger partial charge in [0.15, 0.2) is 0 Å². The number of halogens is 5. The monoisotopic (exact) mass is 434 g/mol. The third kappa shape index (κ3) is 5.14. The number of rotatable bonds is 4. The first-order valence-corrected chi connectivity index (χ1v) is 10.7. The Morgan fingerprint density at radius 2 is 1.76 bits per heavy atom. The summed E-state index contributed by atoms with van der Waals surface area (Å²) < 4.78 is 64.8. The molecule has 2 aliphatic rings. The lowest BCUT2D eigenvalue weighted by atomic mass is 9.86. The van der Waals surface area contributed by atoms with Crippen LogP contribution in [0.4, 0.5) is 27.8 Å². The van der Waals surface area contributed by atoms with Gasteiger partial charge in [-0.15, -0.1) is 11.3 Å². The first-order valence-electron chi connectivity index (χ1n) is 9.84. The second kappa shape index (κ2) is 7.94. The molecule has 0 amide bonds. The molecule has 0 bridgehead atoms. The van der Waals surface area contributed by atoms with Crippen molar-refractivity contribution in [1.29, 1.82) is 0 Å². The molecule has 0 spiro atoms. The molecule has 2 aromatic rings. The zero-order valence-corrected chi connectivity index (χ0v) is 16.7. The average Bonchev–Trinajstić information content (AvgIpc) is 3.04. The highest BCUT2D eigenvalue weighted by Gasteiger charge is 2.35. The van der Waals surface area contributed by atoms with Gasteiger partial charge in [0.05, 0.1) is 11.8 Å². The van der Waals surface area contributed by atoms with E-state index < -0.39 is 18.5 Å². The number of piperazine rings is 1. The number of alkyl halides is 5. The van der Waals surface area contributed by atoms with Gasteiger partial charge in [0, 0.05) is 50.4 Å². The summed E-state index contributed by atoms with van der Waals surface area (Å²) >= 11 is 1.06. The molecule has 1 saturated heterocycles. The maximum atomic E-state index is 13.3. The maximum absolute atomic E-state index is 13.3. The number of hydrogen-bond acceptors (Lipinski definition) is 5. The van der Waals surface area contributed by atoms with Crippen LogP contribution in [0, 0.1) is 5.92 Å². The van der Waals surface area contributed by atoms with Gasteiger partial charge in [-0.2, -0.15) is 13.2 Å². The highest BCUT2D eigenvalue weighted by molar-refractivity contribution is 7.18. The molecule has 0 radical (unpaired) electrons. The molecule has 3 heterocycles. The summed E-state index contributed by atoms with van der Waals surface area (Å²) in [6, 6.07) is 1.55. The Morgan fingerprint density at radius 1 is 1.07 bits per heavy atom. The van der Waals surface area contributed by atoms with Gasteiger partial charge < -0.3 is 4.90 Å². The van der Waals surface area contributed by atoms with Gasteiger partial charge in [0.1, 0.15) is 17.0 Å². The number of nitrogens with zero attached hydrogens (tertiary/aromatic N) is 4. The van der Waals surface area contributed by atoms with Gasteiger partial charge in [-0.05, 0) is 24.8 Å². The van der Waals surface area contributed by atoms with E-state index in [0.717, 1.165) is 31.0 Å². The number of thiophene rings is 1. The van der Waals surface area contributed by atoms with Crippen LogP contribution >= 0.6 is 11.3 Å². The maximum Gasteiger partial charge on any atom is 0.393 e. The first-order chi connectivity index (χ1) is 13.7. The predicted molar refractivity (Wildman–Crippen MR) is 103 cm³/mol. The first kappa shape index (κ1) is 20.7. The lowest BCUT2D eigenvalue weighted by Crippen LogP contribution is -2.48. The van der Waals surface area contributed by atoms with E-state index in [9.17, 15) is 22.0 Å². The van der Waals surface area contributed by atoms with E-state index in [4.69, 9.17) is 0 Å². The summed E-state index contributed by atoms with van der Waals surface area (Å²) in [5, 5.41) is 0.666. The van der Waals surface area contributed by atoms with Crippen molar-refractivity contribution in [1.82, 2.24) is 14.9 Å². The molecule has 1 aliphatic carbocycles. The summed E-state index contributed by atoms with van der Waals surface area (Å²) in [7, 11) is 0. The fourth-order valence-electron chi connectivity index (χ4n) is 4.22. The molecule has 29 heavy (non-hydrogen) atoms. The molecule has 2 aromatic heterocycles. The molecule has 160 valence electrons. The summed E-state index contributed by atoms with van der Waals surface area (Å²) in [6.45, 7) is 3.83. The lowest BCUT2D eigenvalue weighted by molar-refractivity contribution is -0.126. The molecule has 2 fully saturated rings. The Balaban J connectivity index is 1.38. The number of fused-ring (bicyclic) bond motifs is 1. The zero-order valence-electron chi connectivity index (χ0n) is 15.9. The van der Waals surface area contributed by atoms with Crippen molar-refractivity contribution in [2.75, 3.05) is 37.6 Å². The van der Waals surface area contributed by atoms with E-state index in [0.29, 0.717) is 47.9 Å². The minimum atomic E-state index is -4.25. The van der Waals surface area contributed by atoms with Crippen LogP contribution in [0.3, 0.4) is 0 Å². The molecular weight excluding hydrogens is 411 g/mol. The van der Waals surface area contributed by atoms with Crippen molar-refractivity contribution in [2.45, 2.75) is 44.2 Å². The normalized spacial score (nSPS) is 21.8. The second-order valence-corrected chi connectivity index (χ2v) is 9.12. The minimum Gasteiger partial charge on any atom is -0.353 e. The van der Waals surface area contributed by atoms with Crippen LogP contribution < -0.4 is 4.90 Å². The van der Waals surface area contributed by atoms with Gasteiger partial charge in [-0.25, -0.2) is 18.7 Å². The number of hydrogen-bond donors (Lipinski definition) is 0. The van der Waals surface area contributed by atoms with Gasteiger partial charge in [0.2, 0.25) is 5.92 Å². The Hall–Kier alpha value is -1.55. The molecule has 0 atom stereocenters. The third-order valence-electron chi connectivity index (χ3n) is 5.76. The van der Waals surface area contributed by atoms with Gasteiger partial charge >= 0.3 is 6.18 Å². The summed E-state index contributed by atoms with van der Waals surface area (Å²) in [6.07, 6.45) is -2.71. The molecule has 4 nitrogen and oxygen atoms in total. The van der Waals surface area contributed by atoms with Crippen LogP contribution in [0.15, 0.2) is 12.4 Å². The van der Waals surface area contributed by atoms with Crippen LogP contribution in [0.1, 0.15) is 30.6 Å². The fourth-order valence-corrected chi connectivity index (χ4v) is 5.24. The van der Waals surface area contributed by atoms with Crippen LogP contribution in [0.5, 0.6) is 0 Å². The van der Waals surface area contributed by atoms with E-state index in [-0.39, 0.29) is 17.7 Å². The smallest absolute Gasteiger partial charge is 0.353 e. The Kier molecular flexibility index (Phi) is 5.67. The Morgan fingerprint density at radius 3 is 2.41 bits per heavy atom. The van der Waals surface area contributed by atoms with E-state index in [2.05, 4.69) is 19.8 Å². The van der Waals surface area contributed by atoms with E-state index in [1.165, 1.54) is 6.33 Å². The summed E-state index contributed by atoms with van der Waals surface area (Å²) in [5.41, 5.74) is 0. The predicted octanol–water partition coefficient (Wildman–Crippen LogP) is 4.74. The molecule has 0 aromatic carbocycles. The fraction of sp³-hybridized carbons (Fsp3) is 0.684. The number of anilines is 1.